The Morgan fingerprint density at radius 2 is 2.00 bits per heavy atom. The largest absolute Gasteiger partial charge is 0.384 e. The van der Waals surface area contributed by atoms with Crippen molar-refractivity contribution in [2.24, 2.45) is 5.92 Å². The number of aromatic amines is 1. The zero-order valence-electron chi connectivity index (χ0n) is 15.1. The van der Waals surface area contributed by atoms with Crippen molar-refractivity contribution < 1.29 is 4.79 Å². The van der Waals surface area contributed by atoms with Crippen molar-refractivity contribution in [3.63, 3.8) is 0 Å². The summed E-state index contributed by atoms with van der Waals surface area (Å²) in [5.41, 5.74) is 6.81. The molecule has 0 atom stereocenters. The van der Waals surface area contributed by atoms with Gasteiger partial charge in [-0.15, -0.1) is 0 Å². The number of Topliss-reactive ketones (excluding diaryl/α,β-unsaturated/α-hetero) is 1. The quantitative estimate of drug-likeness (QED) is 0.789. The van der Waals surface area contributed by atoms with Gasteiger partial charge in [0.25, 0.3) is 5.56 Å². The molecule has 2 heterocycles. The van der Waals surface area contributed by atoms with Crippen LogP contribution in [0.4, 0.5) is 11.5 Å². The third-order valence-electron chi connectivity index (χ3n) is 4.61. The highest BCUT2D eigenvalue weighted by molar-refractivity contribution is 6.02. The number of hydrogen-bond acceptors (Lipinski definition) is 5. The van der Waals surface area contributed by atoms with Gasteiger partial charge in [0.05, 0.1) is 6.54 Å². The Morgan fingerprint density at radius 3 is 2.73 bits per heavy atom. The maximum absolute atomic E-state index is 12.9. The van der Waals surface area contributed by atoms with Crippen LogP contribution in [0.15, 0.2) is 33.9 Å². The Bertz CT molecular complexity index is 943. The Labute approximate surface area is 151 Å². The lowest BCUT2D eigenvalue weighted by atomic mass is 10.0. The van der Waals surface area contributed by atoms with E-state index in [1.54, 1.807) is 0 Å². The van der Waals surface area contributed by atoms with Crippen molar-refractivity contribution in [3.05, 3.63) is 56.2 Å². The van der Waals surface area contributed by atoms with E-state index in [0.717, 1.165) is 25.1 Å². The molecule has 7 nitrogen and oxygen atoms in total. The molecule has 2 aromatic rings. The van der Waals surface area contributed by atoms with Gasteiger partial charge in [-0.25, -0.2) is 4.79 Å². The Hall–Kier alpha value is -2.83. The average molecular weight is 356 g/mol. The molecule has 0 radical (unpaired) electrons. The van der Waals surface area contributed by atoms with Crippen molar-refractivity contribution >= 4 is 17.3 Å². The van der Waals surface area contributed by atoms with E-state index in [1.807, 2.05) is 36.9 Å². The molecule has 0 aliphatic carbocycles. The molecule has 1 aromatic heterocycles. The number of nitrogen functional groups attached to an aromatic ring is 1. The number of hydrogen-bond donors (Lipinski definition) is 2. The standard InChI is InChI=1S/C19H24N4O3/c1-12(2)10-23-17(20)16(18(25)21-19(23)26)15(24)11-22-9-5-7-13-6-3-4-8-14(13)22/h3-4,6,8,12H,5,7,9-11,20H2,1-2H3,(H,21,25,26). The minimum atomic E-state index is -0.720. The normalized spacial score (nSPS) is 13.7. The van der Waals surface area contributed by atoms with Crippen molar-refractivity contribution in [2.45, 2.75) is 33.2 Å². The fourth-order valence-corrected chi connectivity index (χ4v) is 3.43. The number of ketones is 1. The van der Waals surface area contributed by atoms with Gasteiger partial charge in [0, 0.05) is 18.8 Å². The molecule has 0 saturated carbocycles. The highest BCUT2D eigenvalue weighted by atomic mass is 16.2. The number of aryl methyl sites for hydroxylation is 1. The molecule has 1 aliphatic rings. The number of H-pyrrole nitrogens is 1. The van der Waals surface area contributed by atoms with E-state index in [0.29, 0.717) is 6.54 Å². The van der Waals surface area contributed by atoms with E-state index >= 15 is 0 Å². The molecule has 0 fully saturated rings. The van der Waals surface area contributed by atoms with Gasteiger partial charge in [-0.1, -0.05) is 32.0 Å². The Kier molecular flexibility index (Phi) is 4.97. The number of carbonyl (C=O) groups is 1. The minimum Gasteiger partial charge on any atom is -0.384 e. The van der Waals surface area contributed by atoms with Crippen LogP contribution in [0.25, 0.3) is 0 Å². The summed E-state index contributed by atoms with van der Waals surface area (Å²) in [6, 6.07) is 7.95. The molecular formula is C19H24N4O3. The summed E-state index contributed by atoms with van der Waals surface area (Å²) in [6.07, 6.45) is 1.92. The number of nitrogens with one attached hydrogen (secondary N) is 1. The molecule has 26 heavy (non-hydrogen) atoms. The molecule has 1 aromatic carbocycles. The van der Waals surface area contributed by atoms with Crippen molar-refractivity contribution in [2.75, 3.05) is 23.7 Å². The smallest absolute Gasteiger partial charge is 0.329 e. The van der Waals surface area contributed by atoms with Crippen LogP contribution in [0.3, 0.4) is 0 Å². The molecule has 0 spiro atoms. The lowest BCUT2D eigenvalue weighted by molar-refractivity contribution is 0.0997. The predicted octanol–water partition coefficient (Wildman–Crippen LogP) is 1.41. The zero-order valence-corrected chi connectivity index (χ0v) is 15.1. The van der Waals surface area contributed by atoms with Crippen LogP contribution >= 0.6 is 0 Å². The SMILES string of the molecule is CC(C)Cn1c(N)c(C(=O)CN2CCCc3ccccc32)c(=O)[nH]c1=O. The van der Waals surface area contributed by atoms with Gasteiger partial charge in [0.1, 0.15) is 11.4 Å². The highest BCUT2D eigenvalue weighted by Gasteiger charge is 2.24. The first-order valence-corrected chi connectivity index (χ1v) is 8.87. The second kappa shape index (κ2) is 7.19. The average Bonchev–Trinajstić information content (AvgIpc) is 2.58. The van der Waals surface area contributed by atoms with Crippen LogP contribution in [0.2, 0.25) is 0 Å². The second-order valence-electron chi connectivity index (χ2n) is 7.10. The van der Waals surface area contributed by atoms with Crippen LogP contribution in [0.1, 0.15) is 36.2 Å². The maximum Gasteiger partial charge on any atom is 0.329 e. The molecule has 0 bridgehead atoms. The summed E-state index contributed by atoms with van der Waals surface area (Å²) in [7, 11) is 0. The second-order valence-corrected chi connectivity index (χ2v) is 7.10. The number of nitrogens with two attached hydrogens (primary N) is 1. The third kappa shape index (κ3) is 3.42. The van der Waals surface area contributed by atoms with Crippen molar-refractivity contribution in [1.29, 1.82) is 0 Å². The fourth-order valence-electron chi connectivity index (χ4n) is 3.43. The van der Waals surface area contributed by atoms with E-state index in [4.69, 9.17) is 5.73 Å². The minimum absolute atomic E-state index is 0.0530. The summed E-state index contributed by atoms with van der Waals surface area (Å²) in [6.45, 7) is 5.01. The molecule has 3 N–H and O–H groups in total. The molecule has 0 amide bonds. The number of rotatable bonds is 5. The number of anilines is 2. The Balaban J connectivity index is 1.94. The first kappa shape index (κ1) is 18.0. The molecule has 3 rings (SSSR count). The van der Waals surface area contributed by atoms with Gasteiger partial charge in [-0.05, 0) is 30.4 Å². The van der Waals surface area contributed by atoms with Gasteiger partial charge >= 0.3 is 5.69 Å². The topological polar surface area (TPSA) is 101 Å². The summed E-state index contributed by atoms with van der Waals surface area (Å²) < 4.78 is 1.27. The van der Waals surface area contributed by atoms with E-state index < -0.39 is 11.2 Å². The van der Waals surface area contributed by atoms with Gasteiger partial charge in [-0.3, -0.25) is 19.1 Å². The molecule has 1 aliphatic heterocycles. The first-order chi connectivity index (χ1) is 12.4. The number of fused-ring (bicyclic) bond motifs is 1. The lowest BCUT2D eigenvalue weighted by Gasteiger charge is -2.30. The lowest BCUT2D eigenvalue weighted by Crippen LogP contribution is -2.40. The molecular weight excluding hydrogens is 332 g/mol. The van der Waals surface area contributed by atoms with E-state index in [1.165, 1.54) is 10.1 Å². The van der Waals surface area contributed by atoms with Crippen LogP contribution in [-0.4, -0.2) is 28.4 Å². The number of benzene rings is 1. The van der Waals surface area contributed by atoms with Gasteiger partial charge in [-0.2, -0.15) is 0 Å². The summed E-state index contributed by atoms with van der Waals surface area (Å²) in [4.78, 5) is 41.3. The van der Waals surface area contributed by atoms with Gasteiger partial charge < -0.3 is 10.6 Å². The fraction of sp³-hybridized carbons (Fsp3) is 0.421. The third-order valence-corrected chi connectivity index (χ3v) is 4.61. The summed E-state index contributed by atoms with van der Waals surface area (Å²) in [5.74, 6) is -0.279. The molecule has 138 valence electrons. The first-order valence-electron chi connectivity index (χ1n) is 8.87. The Morgan fingerprint density at radius 1 is 1.27 bits per heavy atom. The monoisotopic (exact) mass is 356 g/mol. The van der Waals surface area contributed by atoms with Crippen molar-refractivity contribution in [1.82, 2.24) is 9.55 Å². The van der Waals surface area contributed by atoms with Crippen LogP contribution in [0, 0.1) is 5.92 Å². The predicted molar refractivity (Wildman–Crippen MR) is 102 cm³/mol. The number of carbonyl (C=O) groups excluding carboxylic acids is 1. The summed E-state index contributed by atoms with van der Waals surface area (Å²) >= 11 is 0. The summed E-state index contributed by atoms with van der Waals surface area (Å²) in [5, 5.41) is 0. The zero-order chi connectivity index (χ0) is 18.8. The number of nitrogens with zero attached hydrogens (tertiary/aromatic N) is 2. The van der Waals surface area contributed by atoms with Gasteiger partial charge in [0.2, 0.25) is 0 Å². The van der Waals surface area contributed by atoms with Crippen LogP contribution in [0.5, 0.6) is 0 Å². The maximum atomic E-state index is 12.9. The van der Waals surface area contributed by atoms with Gasteiger partial charge in [0.15, 0.2) is 5.78 Å². The number of para-hydroxylation sites is 1. The number of aromatic nitrogens is 2. The molecule has 0 saturated heterocycles. The van der Waals surface area contributed by atoms with Crippen molar-refractivity contribution in [3.8, 4) is 0 Å². The van der Waals surface area contributed by atoms with E-state index in [-0.39, 0.29) is 29.6 Å². The van der Waals surface area contributed by atoms with E-state index in [9.17, 15) is 14.4 Å². The molecule has 7 heteroatoms. The van der Waals surface area contributed by atoms with Crippen LogP contribution in [-0.2, 0) is 13.0 Å². The highest BCUT2D eigenvalue weighted by Crippen LogP contribution is 2.26. The van der Waals surface area contributed by atoms with E-state index in [2.05, 4.69) is 11.1 Å². The molecule has 0 unspecified atom stereocenters. The van der Waals surface area contributed by atoms with Crippen LogP contribution < -0.4 is 21.9 Å².